The van der Waals surface area contributed by atoms with Gasteiger partial charge >= 0.3 is 0 Å². The highest BCUT2D eigenvalue weighted by atomic mass is 16.2. The minimum absolute atomic E-state index is 0.198. The number of carbonyl (C=O) groups excluding carboxylic acids is 2. The van der Waals surface area contributed by atoms with Gasteiger partial charge in [-0.05, 0) is 35.9 Å². The summed E-state index contributed by atoms with van der Waals surface area (Å²) in [6.07, 6.45) is 7.71. The monoisotopic (exact) mass is 333 g/mol. The first kappa shape index (κ1) is 16.3. The van der Waals surface area contributed by atoms with Crippen molar-refractivity contribution in [2.45, 2.75) is 6.54 Å². The Kier molecular flexibility index (Phi) is 5.06. The Bertz CT molecular complexity index is 852. The van der Waals surface area contributed by atoms with Gasteiger partial charge in [-0.25, -0.2) is 4.98 Å². The van der Waals surface area contributed by atoms with E-state index in [9.17, 15) is 9.59 Å². The Labute approximate surface area is 144 Å². The van der Waals surface area contributed by atoms with E-state index >= 15 is 0 Å². The van der Waals surface area contributed by atoms with Gasteiger partial charge in [0, 0.05) is 42.6 Å². The molecule has 25 heavy (non-hydrogen) atoms. The standard InChI is InChI=1S/C18H15N5O2/c24-17(22-11-13-2-1-7-19-10-13)14-3-5-15(6-4-14)23-18(25)16-12-20-8-9-21-16/h1-10,12H,11H2,(H,22,24)(H,23,25). The Morgan fingerprint density at radius 3 is 2.36 bits per heavy atom. The van der Waals surface area contributed by atoms with Crippen LogP contribution >= 0.6 is 0 Å². The number of aromatic nitrogens is 3. The number of nitrogens with one attached hydrogen (secondary N) is 2. The third-order valence-corrected chi connectivity index (χ3v) is 3.38. The molecule has 0 saturated carbocycles. The number of hydrogen-bond acceptors (Lipinski definition) is 5. The molecule has 124 valence electrons. The van der Waals surface area contributed by atoms with Crippen LogP contribution in [0.15, 0.2) is 67.4 Å². The van der Waals surface area contributed by atoms with Gasteiger partial charge in [0.05, 0.1) is 6.20 Å². The van der Waals surface area contributed by atoms with Crippen LogP contribution in [0.2, 0.25) is 0 Å². The van der Waals surface area contributed by atoms with Gasteiger partial charge in [0.1, 0.15) is 5.69 Å². The molecule has 2 heterocycles. The van der Waals surface area contributed by atoms with Crippen molar-refractivity contribution in [3.05, 3.63) is 84.2 Å². The van der Waals surface area contributed by atoms with E-state index in [2.05, 4.69) is 25.6 Å². The molecule has 0 fully saturated rings. The maximum Gasteiger partial charge on any atom is 0.275 e. The van der Waals surface area contributed by atoms with E-state index in [1.165, 1.54) is 18.6 Å². The van der Waals surface area contributed by atoms with Gasteiger partial charge in [0.2, 0.25) is 0 Å². The van der Waals surface area contributed by atoms with Crippen LogP contribution in [0.1, 0.15) is 26.4 Å². The lowest BCUT2D eigenvalue weighted by Gasteiger charge is -2.07. The quantitative estimate of drug-likeness (QED) is 0.745. The SMILES string of the molecule is O=C(NCc1cccnc1)c1ccc(NC(=O)c2cnccn2)cc1. The predicted octanol–water partition coefficient (Wildman–Crippen LogP) is 2.05. The van der Waals surface area contributed by atoms with Crippen molar-refractivity contribution in [2.24, 2.45) is 0 Å². The zero-order valence-electron chi connectivity index (χ0n) is 13.2. The average molecular weight is 333 g/mol. The number of amides is 2. The average Bonchev–Trinajstić information content (AvgIpc) is 2.68. The highest BCUT2D eigenvalue weighted by Gasteiger charge is 2.09. The normalized spacial score (nSPS) is 10.1. The molecule has 2 amide bonds. The summed E-state index contributed by atoms with van der Waals surface area (Å²) >= 11 is 0. The molecular formula is C18H15N5O2. The second kappa shape index (κ2) is 7.78. The zero-order chi connectivity index (χ0) is 17.5. The van der Waals surface area contributed by atoms with E-state index in [1.54, 1.807) is 36.7 Å². The van der Waals surface area contributed by atoms with Crippen LogP contribution in [0.4, 0.5) is 5.69 Å². The number of anilines is 1. The van der Waals surface area contributed by atoms with Crippen molar-refractivity contribution in [3.8, 4) is 0 Å². The third-order valence-electron chi connectivity index (χ3n) is 3.38. The molecule has 0 aliphatic carbocycles. The van der Waals surface area contributed by atoms with Crippen molar-refractivity contribution < 1.29 is 9.59 Å². The number of rotatable bonds is 5. The molecule has 7 heteroatoms. The summed E-state index contributed by atoms with van der Waals surface area (Å²) in [6, 6.07) is 10.3. The van der Waals surface area contributed by atoms with Crippen LogP contribution < -0.4 is 10.6 Å². The van der Waals surface area contributed by atoms with Crippen molar-refractivity contribution >= 4 is 17.5 Å². The molecule has 3 aromatic rings. The van der Waals surface area contributed by atoms with Gasteiger partial charge < -0.3 is 10.6 Å². The lowest BCUT2D eigenvalue weighted by atomic mass is 10.2. The van der Waals surface area contributed by atoms with Gasteiger partial charge in [-0.3, -0.25) is 19.6 Å². The first-order valence-electron chi connectivity index (χ1n) is 7.57. The molecule has 0 atom stereocenters. The summed E-state index contributed by atoms with van der Waals surface area (Å²) in [5, 5.41) is 5.52. The van der Waals surface area contributed by atoms with Crippen molar-refractivity contribution in [3.63, 3.8) is 0 Å². The summed E-state index contributed by atoms with van der Waals surface area (Å²) in [5.74, 6) is -0.558. The van der Waals surface area contributed by atoms with Gasteiger partial charge in [-0.15, -0.1) is 0 Å². The molecular weight excluding hydrogens is 318 g/mol. The summed E-state index contributed by atoms with van der Waals surface area (Å²) < 4.78 is 0. The van der Waals surface area contributed by atoms with E-state index in [0.29, 0.717) is 17.8 Å². The predicted molar refractivity (Wildman–Crippen MR) is 91.8 cm³/mol. The minimum Gasteiger partial charge on any atom is -0.348 e. The van der Waals surface area contributed by atoms with Crippen LogP contribution in [-0.2, 0) is 6.54 Å². The first-order valence-corrected chi connectivity index (χ1v) is 7.57. The van der Waals surface area contributed by atoms with Crippen LogP contribution in [0.3, 0.4) is 0 Å². The van der Waals surface area contributed by atoms with E-state index in [1.807, 2.05) is 12.1 Å². The van der Waals surface area contributed by atoms with Gasteiger partial charge in [0.25, 0.3) is 11.8 Å². The number of hydrogen-bond donors (Lipinski definition) is 2. The molecule has 0 saturated heterocycles. The largest absolute Gasteiger partial charge is 0.348 e. The molecule has 0 aliphatic rings. The highest BCUT2D eigenvalue weighted by Crippen LogP contribution is 2.11. The lowest BCUT2D eigenvalue weighted by Crippen LogP contribution is -2.22. The maximum absolute atomic E-state index is 12.1. The van der Waals surface area contributed by atoms with E-state index in [-0.39, 0.29) is 17.5 Å². The molecule has 1 aromatic carbocycles. The number of nitrogens with zero attached hydrogens (tertiary/aromatic N) is 3. The van der Waals surface area contributed by atoms with Crippen molar-refractivity contribution in [1.29, 1.82) is 0 Å². The van der Waals surface area contributed by atoms with Crippen LogP contribution in [0.25, 0.3) is 0 Å². The second-order valence-corrected chi connectivity index (χ2v) is 5.17. The Balaban J connectivity index is 1.58. The molecule has 7 nitrogen and oxygen atoms in total. The molecule has 0 spiro atoms. The molecule has 3 rings (SSSR count). The molecule has 2 aromatic heterocycles. The highest BCUT2D eigenvalue weighted by molar-refractivity contribution is 6.03. The van der Waals surface area contributed by atoms with E-state index in [4.69, 9.17) is 0 Å². The summed E-state index contributed by atoms with van der Waals surface area (Å²) in [4.78, 5) is 35.9. The number of carbonyl (C=O) groups is 2. The fourth-order valence-electron chi connectivity index (χ4n) is 2.10. The minimum atomic E-state index is -0.359. The summed E-state index contributed by atoms with van der Waals surface area (Å²) in [5.41, 5.74) is 2.21. The maximum atomic E-state index is 12.1. The van der Waals surface area contributed by atoms with Crippen LogP contribution in [0.5, 0.6) is 0 Å². The van der Waals surface area contributed by atoms with Crippen LogP contribution in [0, 0.1) is 0 Å². The van der Waals surface area contributed by atoms with Gasteiger partial charge in [0.15, 0.2) is 0 Å². The molecule has 0 radical (unpaired) electrons. The third kappa shape index (κ3) is 4.44. The van der Waals surface area contributed by atoms with Crippen LogP contribution in [-0.4, -0.2) is 26.8 Å². The van der Waals surface area contributed by atoms with E-state index < -0.39 is 0 Å². The van der Waals surface area contributed by atoms with Gasteiger partial charge in [-0.1, -0.05) is 6.07 Å². The fourth-order valence-corrected chi connectivity index (χ4v) is 2.10. The van der Waals surface area contributed by atoms with E-state index in [0.717, 1.165) is 5.56 Å². The van der Waals surface area contributed by atoms with Crippen molar-refractivity contribution in [2.75, 3.05) is 5.32 Å². The fraction of sp³-hybridized carbons (Fsp3) is 0.0556. The summed E-state index contributed by atoms with van der Waals surface area (Å²) in [7, 11) is 0. The smallest absolute Gasteiger partial charge is 0.275 e. The number of benzene rings is 1. The topological polar surface area (TPSA) is 96.9 Å². The lowest BCUT2D eigenvalue weighted by molar-refractivity contribution is 0.0950. The molecule has 0 unspecified atom stereocenters. The Morgan fingerprint density at radius 2 is 1.68 bits per heavy atom. The molecule has 0 aliphatic heterocycles. The van der Waals surface area contributed by atoms with Crippen molar-refractivity contribution in [1.82, 2.24) is 20.3 Å². The molecule has 0 bridgehead atoms. The number of pyridine rings is 1. The first-order chi connectivity index (χ1) is 12.2. The Morgan fingerprint density at radius 1 is 0.880 bits per heavy atom. The summed E-state index contributed by atoms with van der Waals surface area (Å²) in [6.45, 7) is 0.401. The Hall–Kier alpha value is -3.61. The second-order valence-electron chi connectivity index (χ2n) is 5.17. The van der Waals surface area contributed by atoms with Gasteiger partial charge in [-0.2, -0.15) is 0 Å². The zero-order valence-corrected chi connectivity index (χ0v) is 13.2. The molecule has 2 N–H and O–H groups in total.